The van der Waals surface area contributed by atoms with Gasteiger partial charge in [0.1, 0.15) is 6.04 Å². The Kier molecular flexibility index (Phi) is 5.03. The molecule has 2 aromatic carbocycles. The molecule has 0 aliphatic rings. The molecule has 0 heterocycles. The molecule has 5 heteroatoms. The average Bonchev–Trinajstić information content (AvgIpc) is 2.41. The largest absolute Gasteiger partial charge is 0.365 e. The first kappa shape index (κ1) is 14.6. The van der Waals surface area contributed by atoms with Gasteiger partial charge in [-0.25, -0.2) is 0 Å². The molecule has 96 valence electrons. The van der Waals surface area contributed by atoms with E-state index in [2.05, 4.69) is 59.2 Å². The SMILES string of the molecule is N#CC(Nc1ccccc1Br)c1ccc(Br)c(Br)c1. The number of para-hydroxylation sites is 1. The minimum atomic E-state index is -0.400. The molecular weight excluding hydrogens is 436 g/mol. The standard InChI is InChI=1S/C14H9Br3N2/c15-10-6-5-9(7-12(10)17)14(8-18)19-13-4-2-1-3-11(13)16/h1-7,14,19H. The first-order chi connectivity index (χ1) is 9.11. The predicted molar refractivity (Wildman–Crippen MR) is 88.0 cm³/mol. The van der Waals surface area contributed by atoms with Crippen molar-refractivity contribution in [3.05, 3.63) is 61.4 Å². The van der Waals surface area contributed by atoms with E-state index in [4.69, 9.17) is 0 Å². The lowest BCUT2D eigenvalue weighted by molar-refractivity contribution is 0.993. The number of nitriles is 1. The van der Waals surface area contributed by atoms with E-state index in [0.717, 1.165) is 24.7 Å². The first-order valence-electron chi connectivity index (χ1n) is 5.47. The van der Waals surface area contributed by atoms with Crippen LogP contribution in [0.25, 0.3) is 0 Å². The number of hydrogen-bond acceptors (Lipinski definition) is 2. The molecular formula is C14H9Br3N2. The van der Waals surface area contributed by atoms with Crippen LogP contribution < -0.4 is 5.32 Å². The Morgan fingerprint density at radius 1 is 0.947 bits per heavy atom. The molecule has 0 spiro atoms. The quantitative estimate of drug-likeness (QED) is 0.663. The van der Waals surface area contributed by atoms with Crippen LogP contribution in [-0.2, 0) is 0 Å². The topological polar surface area (TPSA) is 35.8 Å². The highest BCUT2D eigenvalue weighted by Crippen LogP contribution is 2.30. The Morgan fingerprint density at radius 2 is 1.68 bits per heavy atom. The fraction of sp³-hybridized carbons (Fsp3) is 0.0714. The Labute approximate surface area is 137 Å². The fourth-order valence-electron chi connectivity index (χ4n) is 1.62. The van der Waals surface area contributed by atoms with E-state index in [1.165, 1.54) is 0 Å². The Balaban J connectivity index is 2.28. The van der Waals surface area contributed by atoms with Gasteiger partial charge in [-0.05, 0) is 77.6 Å². The van der Waals surface area contributed by atoms with Crippen LogP contribution in [0.1, 0.15) is 11.6 Å². The van der Waals surface area contributed by atoms with Crippen LogP contribution in [0, 0.1) is 11.3 Å². The molecule has 2 rings (SSSR count). The molecule has 0 aromatic heterocycles. The zero-order valence-electron chi connectivity index (χ0n) is 9.70. The first-order valence-corrected chi connectivity index (χ1v) is 7.85. The van der Waals surface area contributed by atoms with E-state index in [0.29, 0.717) is 0 Å². The molecule has 0 bridgehead atoms. The minimum Gasteiger partial charge on any atom is -0.365 e. The maximum atomic E-state index is 9.34. The summed E-state index contributed by atoms with van der Waals surface area (Å²) < 4.78 is 2.83. The van der Waals surface area contributed by atoms with Gasteiger partial charge in [0.25, 0.3) is 0 Å². The van der Waals surface area contributed by atoms with E-state index < -0.39 is 6.04 Å². The molecule has 0 aliphatic carbocycles. The molecule has 0 radical (unpaired) electrons. The zero-order chi connectivity index (χ0) is 13.8. The van der Waals surface area contributed by atoms with E-state index in [1.54, 1.807) is 0 Å². The van der Waals surface area contributed by atoms with Crippen molar-refractivity contribution < 1.29 is 0 Å². The smallest absolute Gasteiger partial charge is 0.140 e. The Morgan fingerprint density at radius 3 is 2.32 bits per heavy atom. The van der Waals surface area contributed by atoms with Crippen LogP contribution in [0.5, 0.6) is 0 Å². The Hall–Kier alpha value is -0.830. The highest BCUT2D eigenvalue weighted by molar-refractivity contribution is 9.13. The van der Waals surface area contributed by atoms with Gasteiger partial charge in [0.15, 0.2) is 0 Å². The second-order valence-corrected chi connectivity index (χ2v) is 6.42. The summed E-state index contributed by atoms with van der Waals surface area (Å²) in [6, 6.07) is 15.4. The molecule has 2 aromatic rings. The summed E-state index contributed by atoms with van der Waals surface area (Å²) in [4.78, 5) is 0. The molecule has 0 aliphatic heterocycles. The second-order valence-electron chi connectivity index (χ2n) is 3.86. The van der Waals surface area contributed by atoms with Gasteiger partial charge in [-0.3, -0.25) is 0 Å². The van der Waals surface area contributed by atoms with Gasteiger partial charge in [-0.2, -0.15) is 5.26 Å². The Bertz CT molecular complexity index is 635. The summed E-state index contributed by atoms with van der Waals surface area (Å²) in [5.74, 6) is 0. The van der Waals surface area contributed by atoms with Gasteiger partial charge in [-0.15, -0.1) is 0 Å². The van der Waals surface area contributed by atoms with Crippen molar-refractivity contribution >= 4 is 53.5 Å². The van der Waals surface area contributed by atoms with Crippen molar-refractivity contribution in [2.24, 2.45) is 0 Å². The number of rotatable bonds is 3. The van der Waals surface area contributed by atoms with Gasteiger partial charge < -0.3 is 5.32 Å². The van der Waals surface area contributed by atoms with Crippen LogP contribution >= 0.6 is 47.8 Å². The number of halogens is 3. The number of nitrogens with zero attached hydrogens (tertiary/aromatic N) is 1. The van der Waals surface area contributed by atoms with E-state index in [-0.39, 0.29) is 0 Å². The van der Waals surface area contributed by atoms with Crippen LogP contribution in [-0.4, -0.2) is 0 Å². The van der Waals surface area contributed by atoms with Crippen LogP contribution in [0.2, 0.25) is 0 Å². The van der Waals surface area contributed by atoms with Gasteiger partial charge in [0.2, 0.25) is 0 Å². The molecule has 1 unspecified atom stereocenters. The average molecular weight is 445 g/mol. The maximum Gasteiger partial charge on any atom is 0.140 e. The highest BCUT2D eigenvalue weighted by Gasteiger charge is 2.12. The fourth-order valence-corrected chi connectivity index (χ4v) is 2.66. The summed E-state index contributed by atoms with van der Waals surface area (Å²) >= 11 is 10.3. The third-order valence-electron chi connectivity index (χ3n) is 2.58. The summed E-state index contributed by atoms with van der Waals surface area (Å²) in [5.41, 5.74) is 1.81. The summed E-state index contributed by atoms with van der Waals surface area (Å²) in [5, 5.41) is 12.6. The van der Waals surface area contributed by atoms with E-state index in [1.807, 2.05) is 42.5 Å². The van der Waals surface area contributed by atoms with E-state index >= 15 is 0 Å². The molecule has 0 fully saturated rings. The lowest BCUT2D eigenvalue weighted by Gasteiger charge is -2.15. The van der Waals surface area contributed by atoms with Crippen molar-refractivity contribution in [3.8, 4) is 6.07 Å². The molecule has 2 nitrogen and oxygen atoms in total. The van der Waals surface area contributed by atoms with Crippen molar-refractivity contribution in [2.45, 2.75) is 6.04 Å². The summed E-state index contributed by atoms with van der Waals surface area (Å²) in [6.45, 7) is 0. The van der Waals surface area contributed by atoms with Gasteiger partial charge in [-0.1, -0.05) is 18.2 Å². The highest BCUT2D eigenvalue weighted by atomic mass is 79.9. The summed E-state index contributed by atoms with van der Waals surface area (Å²) in [7, 11) is 0. The second kappa shape index (κ2) is 6.56. The maximum absolute atomic E-state index is 9.34. The van der Waals surface area contributed by atoms with Crippen molar-refractivity contribution in [3.63, 3.8) is 0 Å². The molecule has 0 saturated carbocycles. The van der Waals surface area contributed by atoms with Crippen LogP contribution in [0.4, 0.5) is 5.69 Å². The molecule has 19 heavy (non-hydrogen) atoms. The number of anilines is 1. The lowest BCUT2D eigenvalue weighted by atomic mass is 10.1. The van der Waals surface area contributed by atoms with Crippen molar-refractivity contribution in [1.29, 1.82) is 5.26 Å². The van der Waals surface area contributed by atoms with Gasteiger partial charge in [0, 0.05) is 19.1 Å². The predicted octanol–water partition coefficient (Wildman–Crippen LogP) is 5.65. The molecule has 1 N–H and O–H groups in total. The van der Waals surface area contributed by atoms with Crippen molar-refractivity contribution in [1.82, 2.24) is 0 Å². The lowest BCUT2D eigenvalue weighted by Crippen LogP contribution is -2.08. The summed E-state index contributed by atoms with van der Waals surface area (Å²) in [6.07, 6.45) is 0. The van der Waals surface area contributed by atoms with Gasteiger partial charge >= 0.3 is 0 Å². The van der Waals surface area contributed by atoms with Crippen molar-refractivity contribution in [2.75, 3.05) is 5.32 Å². The molecule has 0 saturated heterocycles. The van der Waals surface area contributed by atoms with Crippen LogP contribution in [0.3, 0.4) is 0 Å². The monoisotopic (exact) mass is 442 g/mol. The third kappa shape index (κ3) is 3.59. The minimum absolute atomic E-state index is 0.400. The zero-order valence-corrected chi connectivity index (χ0v) is 14.5. The number of hydrogen-bond donors (Lipinski definition) is 1. The molecule has 1 atom stereocenters. The normalized spacial score (nSPS) is 11.7. The third-order valence-corrected chi connectivity index (χ3v) is 5.15. The number of benzene rings is 2. The van der Waals surface area contributed by atoms with Crippen LogP contribution in [0.15, 0.2) is 55.9 Å². The van der Waals surface area contributed by atoms with Gasteiger partial charge in [0.05, 0.1) is 6.07 Å². The number of nitrogens with one attached hydrogen (secondary N) is 1. The molecule has 0 amide bonds. The van der Waals surface area contributed by atoms with E-state index in [9.17, 15) is 5.26 Å².